The first-order chi connectivity index (χ1) is 8.13. The highest BCUT2D eigenvalue weighted by Crippen LogP contribution is 2.34. The van der Waals surface area contributed by atoms with Gasteiger partial charge in [-0.3, -0.25) is 5.84 Å². The monoisotopic (exact) mass is 422 g/mol. The van der Waals surface area contributed by atoms with Crippen LogP contribution in [0.1, 0.15) is 17.4 Å². The number of hydrazine groups is 1. The molecule has 0 bridgehead atoms. The standard InChI is InChI=1S/C11H9Br3N2O/c12-6-1-2-8(13)7(5-6)10(16-15)11-9(14)3-4-17-11/h1-5,10,16H,15H2. The van der Waals surface area contributed by atoms with Crippen LogP contribution in [0.3, 0.4) is 0 Å². The van der Waals surface area contributed by atoms with Crippen LogP contribution in [0.4, 0.5) is 0 Å². The van der Waals surface area contributed by atoms with E-state index in [0.717, 1.165) is 24.7 Å². The SMILES string of the molecule is NNC(c1cc(Br)ccc1Br)c1occc1Br. The normalized spacial score (nSPS) is 12.7. The Morgan fingerprint density at radius 2 is 1.88 bits per heavy atom. The molecule has 2 aromatic rings. The zero-order valence-corrected chi connectivity index (χ0v) is 13.3. The average Bonchev–Trinajstić information content (AvgIpc) is 2.71. The van der Waals surface area contributed by atoms with Crippen LogP contribution < -0.4 is 11.3 Å². The Morgan fingerprint density at radius 3 is 2.47 bits per heavy atom. The van der Waals surface area contributed by atoms with Crippen LogP contribution in [0.5, 0.6) is 0 Å². The number of furan rings is 1. The third kappa shape index (κ3) is 2.82. The number of benzene rings is 1. The summed E-state index contributed by atoms with van der Waals surface area (Å²) in [6, 6.07) is 7.53. The van der Waals surface area contributed by atoms with Crippen LogP contribution >= 0.6 is 47.8 Å². The van der Waals surface area contributed by atoms with Crippen LogP contribution in [-0.2, 0) is 0 Å². The Morgan fingerprint density at radius 1 is 1.12 bits per heavy atom. The van der Waals surface area contributed by atoms with Crippen molar-refractivity contribution < 1.29 is 4.42 Å². The number of hydrogen-bond donors (Lipinski definition) is 2. The second kappa shape index (κ2) is 5.67. The van der Waals surface area contributed by atoms with E-state index in [1.807, 2.05) is 24.3 Å². The summed E-state index contributed by atoms with van der Waals surface area (Å²) in [7, 11) is 0. The fraction of sp³-hybridized carbons (Fsp3) is 0.0909. The summed E-state index contributed by atoms with van der Waals surface area (Å²) in [6.45, 7) is 0. The molecule has 1 atom stereocenters. The number of hydrogen-bond acceptors (Lipinski definition) is 3. The van der Waals surface area contributed by atoms with Crippen molar-refractivity contribution in [2.45, 2.75) is 6.04 Å². The van der Waals surface area contributed by atoms with E-state index in [1.54, 1.807) is 6.26 Å². The van der Waals surface area contributed by atoms with Crippen LogP contribution in [-0.4, -0.2) is 0 Å². The van der Waals surface area contributed by atoms with Gasteiger partial charge in [0.2, 0.25) is 0 Å². The minimum Gasteiger partial charge on any atom is -0.466 e. The van der Waals surface area contributed by atoms with Crippen molar-refractivity contribution in [2.75, 3.05) is 0 Å². The van der Waals surface area contributed by atoms with Crippen molar-refractivity contribution in [1.29, 1.82) is 0 Å². The van der Waals surface area contributed by atoms with E-state index in [4.69, 9.17) is 10.3 Å². The smallest absolute Gasteiger partial charge is 0.140 e. The Hall–Kier alpha value is -0.140. The van der Waals surface area contributed by atoms with Crippen LogP contribution in [0.15, 0.2) is 48.4 Å². The van der Waals surface area contributed by atoms with Gasteiger partial charge in [0.05, 0.1) is 10.7 Å². The lowest BCUT2D eigenvalue weighted by atomic mass is 10.1. The van der Waals surface area contributed by atoms with Crippen LogP contribution in [0.2, 0.25) is 0 Å². The number of rotatable bonds is 3. The Bertz CT molecular complexity index is 527. The van der Waals surface area contributed by atoms with E-state index in [-0.39, 0.29) is 6.04 Å². The second-order valence-electron chi connectivity index (χ2n) is 3.40. The Kier molecular flexibility index (Phi) is 4.43. The fourth-order valence-corrected chi connectivity index (χ4v) is 2.84. The Labute approximate surface area is 124 Å². The predicted octanol–water partition coefficient (Wildman–Crippen LogP) is 4.12. The van der Waals surface area contributed by atoms with Gasteiger partial charge >= 0.3 is 0 Å². The van der Waals surface area contributed by atoms with Crippen molar-refractivity contribution in [3.8, 4) is 0 Å². The molecule has 0 aliphatic heterocycles. The molecular formula is C11H9Br3N2O. The molecule has 0 radical (unpaired) electrons. The maximum absolute atomic E-state index is 5.62. The molecule has 6 heteroatoms. The molecule has 3 N–H and O–H groups in total. The minimum absolute atomic E-state index is 0.216. The maximum Gasteiger partial charge on any atom is 0.140 e. The first-order valence-corrected chi connectivity index (χ1v) is 7.15. The van der Waals surface area contributed by atoms with Crippen LogP contribution in [0.25, 0.3) is 0 Å². The van der Waals surface area contributed by atoms with E-state index in [9.17, 15) is 0 Å². The van der Waals surface area contributed by atoms with Gasteiger partial charge < -0.3 is 4.42 Å². The molecule has 0 aliphatic carbocycles. The van der Waals surface area contributed by atoms with Gasteiger partial charge in [-0.15, -0.1) is 0 Å². The summed E-state index contributed by atoms with van der Waals surface area (Å²) < 4.78 is 8.27. The zero-order valence-electron chi connectivity index (χ0n) is 8.58. The fourth-order valence-electron chi connectivity index (χ4n) is 1.55. The lowest BCUT2D eigenvalue weighted by Gasteiger charge is -2.16. The lowest BCUT2D eigenvalue weighted by molar-refractivity contribution is 0.449. The van der Waals surface area contributed by atoms with Crippen molar-refractivity contribution in [1.82, 2.24) is 5.43 Å². The van der Waals surface area contributed by atoms with E-state index < -0.39 is 0 Å². The molecule has 1 aromatic carbocycles. The highest BCUT2D eigenvalue weighted by atomic mass is 79.9. The minimum atomic E-state index is -0.216. The molecular weight excluding hydrogens is 416 g/mol. The molecule has 2 rings (SSSR count). The molecule has 0 aliphatic rings. The zero-order chi connectivity index (χ0) is 12.4. The third-order valence-electron chi connectivity index (χ3n) is 2.34. The van der Waals surface area contributed by atoms with Crippen molar-refractivity contribution in [3.63, 3.8) is 0 Å². The highest BCUT2D eigenvalue weighted by Gasteiger charge is 2.21. The molecule has 0 spiro atoms. The van der Waals surface area contributed by atoms with Crippen molar-refractivity contribution in [3.05, 3.63) is 55.3 Å². The Balaban J connectivity index is 2.49. The molecule has 0 saturated carbocycles. The van der Waals surface area contributed by atoms with Crippen LogP contribution in [0, 0.1) is 0 Å². The maximum atomic E-state index is 5.62. The predicted molar refractivity (Wildman–Crippen MR) is 77.4 cm³/mol. The molecule has 0 saturated heterocycles. The van der Waals surface area contributed by atoms with Gasteiger partial charge in [-0.05, 0) is 45.8 Å². The summed E-state index contributed by atoms with van der Waals surface area (Å²) in [5, 5.41) is 0. The topological polar surface area (TPSA) is 51.2 Å². The first kappa shape index (κ1) is 13.3. The molecule has 0 amide bonds. The highest BCUT2D eigenvalue weighted by molar-refractivity contribution is 9.11. The summed E-state index contributed by atoms with van der Waals surface area (Å²) >= 11 is 10.4. The van der Waals surface area contributed by atoms with Gasteiger partial charge in [-0.25, -0.2) is 5.43 Å². The third-order valence-corrected chi connectivity index (χ3v) is 4.21. The number of halogens is 3. The molecule has 1 aromatic heterocycles. The second-order valence-corrected chi connectivity index (χ2v) is 6.02. The quantitative estimate of drug-likeness (QED) is 0.575. The number of nitrogens with two attached hydrogens (primary N) is 1. The summed E-state index contributed by atoms with van der Waals surface area (Å²) in [6.07, 6.45) is 1.62. The lowest BCUT2D eigenvalue weighted by Crippen LogP contribution is -2.29. The largest absolute Gasteiger partial charge is 0.466 e. The summed E-state index contributed by atoms with van der Waals surface area (Å²) in [4.78, 5) is 0. The van der Waals surface area contributed by atoms with Gasteiger partial charge in [-0.2, -0.15) is 0 Å². The molecule has 17 heavy (non-hydrogen) atoms. The molecule has 1 unspecified atom stereocenters. The van der Waals surface area contributed by atoms with Crippen molar-refractivity contribution >= 4 is 47.8 Å². The number of nitrogens with one attached hydrogen (secondary N) is 1. The van der Waals surface area contributed by atoms with Gasteiger partial charge in [0.15, 0.2) is 0 Å². The molecule has 0 fully saturated rings. The van der Waals surface area contributed by atoms with E-state index >= 15 is 0 Å². The van der Waals surface area contributed by atoms with Gasteiger partial charge in [0.25, 0.3) is 0 Å². The molecule has 3 nitrogen and oxygen atoms in total. The first-order valence-electron chi connectivity index (χ1n) is 4.77. The van der Waals surface area contributed by atoms with Gasteiger partial charge in [0.1, 0.15) is 11.8 Å². The van der Waals surface area contributed by atoms with E-state index in [1.165, 1.54) is 0 Å². The van der Waals surface area contributed by atoms with Gasteiger partial charge in [0, 0.05) is 8.95 Å². The molecule has 1 heterocycles. The van der Waals surface area contributed by atoms with Crippen molar-refractivity contribution in [2.24, 2.45) is 5.84 Å². The van der Waals surface area contributed by atoms with Gasteiger partial charge in [-0.1, -0.05) is 31.9 Å². The average molecular weight is 425 g/mol. The molecule has 90 valence electrons. The van der Waals surface area contributed by atoms with E-state index in [0.29, 0.717) is 0 Å². The summed E-state index contributed by atoms with van der Waals surface area (Å²) in [5.74, 6) is 6.36. The summed E-state index contributed by atoms with van der Waals surface area (Å²) in [5.41, 5.74) is 3.75. The van der Waals surface area contributed by atoms with E-state index in [2.05, 4.69) is 53.2 Å².